The van der Waals surface area contributed by atoms with Gasteiger partial charge in [0.1, 0.15) is 0 Å². The topological polar surface area (TPSA) is 52.8 Å². The fourth-order valence-electron chi connectivity index (χ4n) is 2.14. The van der Waals surface area contributed by atoms with E-state index in [-0.39, 0.29) is 0 Å². The van der Waals surface area contributed by atoms with Crippen molar-refractivity contribution in [3.05, 3.63) is 24.0 Å². The molecule has 1 aromatic heterocycles. The third kappa shape index (κ3) is 5.08. The minimum absolute atomic E-state index is 0.430. The van der Waals surface area contributed by atoms with E-state index >= 15 is 0 Å². The average molecular weight is 294 g/mol. The number of aromatic nitrogens is 1. The molecule has 2 N–H and O–H groups in total. The molecule has 0 amide bonds. The molecule has 0 bridgehead atoms. The number of aryl methyl sites for hydroxylation is 1. The van der Waals surface area contributed by atoms with Gasteiger partial charge in [-0.3, -0.25) is 4.99 Å². The van der Waals surface area contributed by atoms with Crippen molar-refractivity contribution in [3.63, 3.8) is 0 Å². The number of hydrogen-bond donors (Lipinski definition) is 2. The molecule has 0 saturated heterocycles. The number of aliphatic hydroxyl groups is 1. The maximum Gasteiger partial charge on any atom is 0.194 e. The van der Waals surface area contributed by atoms with Gasteiger partial charge < -0.3 is 19.9 Å². The predicted molar refractivity (Wildman–Crippen MR) is 88.4 cm³/mol. The Morgan fingerprint density at radius 2 is 2.05 bits per heavy atom. The van der Waals surface area contributed by atoms with E-state index in [0.29, 0.717) is 19.4 Å². The van der Waals surface area contributed by atoms with Crippen molar-refractivity contribution in [2.24, 2.45) is 12.0 Å². The van der Waals surface area contributed by atoms with E-state index in [1.54, 1.807) is 0 Å². The van der Waals surface area contributed by atoms with Gasteiger partial charge in [0, 0.05) is 32.5 Å². The summed E-state index contributed by atoms with van der Waals surface area (Å²) in [4.78, 5) is 6.70. The lowest BCUT2D eigenvalue weighted by atomic mass is 9.98. The van der Waals surface area contributed by atoms with Gasteiger partial charge >= 0.3 is 0 Å². The Bertz CT molecular complexity index is 449. The van der Waals surface area contributed by atoms with Crippen molar-refractivity contribution in [2.75, 3.05) is 20.1 Å². The molecule has 1 aromatic rings. The first-order valence-corrected chi connectivity index (χ1v) is 7.77. The molecule has 0 aliphatic rings. The predicted octanol–water partition coefficient (Wildman–Crippen LogP) is 1.97. The lowest BCUT2D eigenvalue weighted by Gasteiger charge is -2.26. The molecule has 1 heterocycles. The number of nitrogens with one attached hydrogen (secondary N) is 1. The van der Waals surface area contributed by atoms with E-state index in [1.165, 1.54) is 5.69 Å². The minimum Gasteiger partial charge on any atom is -0.388 e. The van der Waals surface area contributed by atoms with Gasteiger partial charge in [-0.1, -0.05) is 13.8 Å². The molecular weight excluding hydrogens is 264 g/mol. The van der Waals surface area contributed by atoms with Crippen molar-refractivity contribution in [1.82, 2.24) is 14.8 Å². The molecule has 0 radical (unpaired) electrons. The fourth-order valence-corrected chi connectivity index (χ4v) is 2.14. The second-order valence-electron chi connectivity index (χ2n) is 5.57. The van der Waals surface area contributed by atoms with Gasteiger partial charge in [-0.2, -0.15) is 0 Å². The molecule has 0 spiro atoms. The highest BCUT2D eigenvalue weighted by Crippen LogP contribution is 2.15. The molecule has 0 aliphatic heterocycles. The standard InChI is InChI=1S/C16H30N4O/c1-6-16(21,7-2)13-18-15(17-8-3)20(5)12-14-10-9-11-19(14)4/h9-11,21H,6-8,12-13H2,1-5H3,(H,17,18). The highest BCUT2D eigenvalue weighted by molar-refractivity contribution is 5.79. The van der Waals surface area contributed by atoms with E-state index in [9.17, 15) is 5.11 Å². The van der Waals surface area contributed by atoms with Crippen LogP contribution in [-0.2, 0) is 13.6 Å². The van der Waals surface area contributed by atoms with Gasteiger partial charge in [-0.15, -0.1) is 0 Å². The van der Waals surface area contributed by atoms with Crippen LogP contribution in [0, 0.1) is 0 Å². The van der Waals surface area contributed by atoms with Crippen LogP contribution in [0.15, 0.2) is 23.3 Å². The van der Waals surface area contributed by atoms with E-state index < -0.39 is 5.60 Å². The summed E-state index contributed by atoms with van der Waals surface area (Å²) < 4.78 is 2.11. The van der Waals surface area contributed by atoms with Crippen LogP contribution in [0.5, 0.6) is 0 Å². The Kier molecular flexibility index (Phi) is 6.75. The molecule has 120 valence electrons. The molecule has 0 atom stereocenters. The lowest BCUT2D eigenvalue weighted by Crippen LogP contribution is -2.40. The zero-order valence-electron chi connectivity index (χ0n) is 14.1. The van der Waals surface area contributed by atoms with Gasteiger partial charge in [-0.05, 0) is 31.9 Å². The normalized spacial score (nSPS) is 12.6. The SMILES string of the molecule is CCNC(=NCC(O)(CC)CC)N(C)Cc1cccn1C. The van der Waals surface area contributed by atoms with Gasteiger partial charge in [-0.25, -0.2) is 0 Å². The minimum atomic E-state index is -0.702. The maximum absolute atomic E-state index is 10.4. The van der Waals surface area contributed by atoms with Gasteiger partial charge in [0.2, 0.25) is 0 Å². The monoisotopic (exact) mass is 294 g/mol. The zero-order chi connectivity index (χ0) is 15.9. The quantitative estimate of drug-likeness (QED) is 0.597. The average Bonchev–Trinajstić information content (AvgIpc) is 2.88. The highest BCUT2D eigenvalue weighted by Gasteiger charge is 2.22. The number of hydrogen-bond acceptors (Lipinski definition) is 2. The lowest BCUT2D eigenvalue weighted by molar-refractivity contribution is 0.0416. The molecule has 0 aromatic carbocycles. The molecule has 21 heavy (non-hydrogen) atoms. The molecule has 5 heteroatoms. The Morgan fingerprint density at radius 1 is 1.38 bits per heavy atom. The van der Waals surface area contributed by atoms with Crippen molar-refractivity contribution in [1.29, 1.82) is 0 Å². The van der Waals surface area contributed by atoms with Crippen molar-refractivity contribution in [3.8, 4) is 0 Å². The zero-order valence-corrected chi connectivity index (χ0v) is 14.1. The Hall–Kier alpha value is -1.49. The number of aliphatic imine (C=N–C) groups is 1. The van der Waals surface area contributed by atoms with Crippen LogP contribution in [0.3, 0.4) is 0 Å². The molecule has 0 fully saturated rings. The second-order valence-corrected chi connectivity index (χ2v) is 5.57. The number of rotatable bonds is 7. The molecular formula is C16H30N4O. The van der Waals surface area contributed by atoms with Crippen LogP contribution in [0.1, 0.15) is 39.3 Å². The molecule has 1 rings (SSSR count). The van der Waals surface area contributed by atoms with E-state index in [2.05, 4.69) is 32.8 Å². The number of nitrogens with zero attached hydrogens (tertiary/aromatic N) is 3. The van der Waals surface area contributed by atoms with Crippen LogP contribution >= 0.6 is 0 Å². The maximum atomic E-state index is 10.4. The van der Waals surface area contributed by atoms with Gasteiger partial charge in [0.15, 0.2) is 5.96 Å². The third-order valence-corrected chi connectivity index (χ3v) is 3.99. The summed E-state index contributed by atoms with van der Waals surface area (Å²) in [6.45, 7) is 8.08. The first-order chi connectivity index (χ1) is 9.95. The van der Waals surface area contributed by atoms with Gasteiger partial charge in [0.05, 0.1) is 18.7 Å². The van der Waals surface area contributed by atoms with E-state index in [1.807, 2.05) is 40.2 Å². The van der Waals surface area contributed by atoms with E-state index in [0.717, 1.165) is 19.0 Å². The van der Waals surface area contributed by atoms with Crippen molar-refractivity contribution >= 4 is 5.96 Å². The molecule has 0 unspecified atom stereocenters. The summed E-state index contributed by atoms with van der Waals surface area (Å²) in [5.41, 5.74) is 0.524. The fraction of sp³-hybridized carbons (Fsp3) is 0.688. The second kappa shape index (κ2) is 8.08. The Balaban J connectivity index is 2.77. The van der Waals surface area contributed by atoms with Crippen LogP contribution in [0.4, 0.5) is 0 Å². The van der Waals surface area contributed by atoms with E-state index in [4.69, 9.17) is 0 Å². The Morgan fingerprint density at radius 3 is 2.52 bits per heavy atom. The summed E-state index contributed by atoms with van der Waals surface area (Å²) in [6.07, 6.45) is 3.47. The molecule has 5 nitrogen and oxygen atoms in total. The first-order valence-electron chi connectivity index (χ1n) is 7.77. The summed E-state index contributed by atoms with van der Waals surface area (Å²) in [6, 6.07) is 4.15. The Labute approximate surface area is 128 Å². The third-order valence-electron chi connectivity index (χ3n) is 3.99. The molecule has 0 saturated carbocycles. The number of guanidine groups is 1. The smallest absolute Gasteiger partial charge is 0.194 e. The van der Waals surface area contributed by atoms with Crippen LogP contribution in [0.2, 0.25) is 0 Å². The van der Waals surface area contributed by atoms with Crippen molar-refractivity contribution < 1.29 is 5.11 Å². The summed E-state index contributed by atoms with van der Waals surface area (Å²) in [5, 5.41) is 13.7. The largest absolute Gasteiger partial charge is 0.388 e. The van der Waals surface area contributed by atoms with Gasteiger partial charge in [0.25, 0.3) is 0 Å². The van der Waals surface area contributed by atoms with Crippen LogP contribution in [-0.4, -0.2) is 46.3 Å². The van der Waals surface area contributed by atoms with Crippen LogP contribution in [0.25, 0.3) is 0 Å². The summed E-state index contributed by atoms with van der Waals surface area (Å²) in [7, 11) is 4.06. The first kappa shape index (κ1) is 17.6. The molecule has 0 aliphatic carbocycles. The van der Waals surface area contributed by atoms with Crippen LogP contribution < -0.4 is 5.32 Å². The highest BCUT2D eigenvalue weighted by atomic mass is 16.3. The summed E-state index contributed by atoms with van der Waals surface area (Å²) >= 11 is 0. The summed E-state index contributed by atoms with van der Waals surface area (Å²) in [5.74, 6) is 0.832. The van der Waals surface area contributed by atoms with Crippen molar-refractivity contribution in [2.45, 2.75) is 45.8 Å².